The third-order valence-electron chi connectivity index (χ3n) is 13.7. The van der Waals surface area contributed by atoms with Gasteiger partial charge in [-0.15, -0.1) is 0 Å². The molecule has 7 aliphatic rings. The average molecular weight is 753 g/mol. The van der Waals surface area contributed by atoms with E-state index in [1.807, 2.05) is 55.6 Å². The lowest BCUT2D eigenvalue weighted by atomic mass is 9.44. The Morgan fingerprint density at radius 3 is 2.54 bits per heavy atom. The van der Waals surface area contributed by atoms with Gasteiger partial charge in [-0.2, -0.15) is 0 Å². The number of aliphatic hydroxyl groups excluding tert-OH is 1. The molecule has 2 saturated heterocycles. The molecular weight excluding hydrogens is 701 g/mol. The summed E-state index contributed by atoms with van der Waals surface area (Å²) in [7, 11) is 2.00. The van der Waals surface area contributed by atoms with Crippen molar-refractivity contribution in [2.75, 3.05) is 20.2 Å². The molecule has 3 fully saturated rings. The fraction of sp³-hybridized carbons (Fsp3) is 0.417. The van der Waals surface area contributed by atoms with Crippen LogP contribution in [0.4, 0.5) is 0 Å². The molecule has 4 aliphatic carbocycles. The Kier molecular flexibility index (Phi) is 10.1. The highest BCUT2D eigenvalue weighted by molar-refractivity contribution is 6.07. The fourth-order valence-corrected chi connectivity index (χ4v) is 11.3. The van der Waals surface area contributed by atoms with Crippen molar-refractivity contribution in [1.82, 2.24) is 10.6 Å². The number of esters is 2. The molecule has 0 radical (unpaired) electrons. The normalized spacial score (nSPS) is 30.0. The third-order valence-corrected chi connectivity index (χ3v) is 13.7. The van der Waals surface area contributed by atoms with Crippen molar-refractivity contribution < 1.29 is 29.3 Å². The minimum atomic E-state index is -0.887. The van der Waals surface area contributed by atoms with Gasteiger partial charge in [-0.05, 0) is 154 Å². The second-order valence-corrected chi connectivity index (χ2v) is 16.7. The molecule has 290 valence electrons. The van der Waals surface area contributed by atoms with Crippen LogP contribution in [0.2, 0.25) is 0 Å². The molecule has 2 bridgehead atoms. The van der Waals surface area contributed by atoms with Crippen LogP contribution in [0, 0.1) is 35.0 Å². The summed E-state index contributed by atoms with van der Waals surface area (Å²) >= 11 is 0. The van der Waals surface area contributed by atoms with Gasteiger partial charge in [0, 0.05) is 23.7 Å². The summed E-state index contributed by atoms with van der Waals surface area (Å²) in [5.41, 5.74) is 6.33. The van der Waals surface area contributed by atoms with Crippen LogP contribution in [-0.4, -0.2) is 48.5 Å². The van der Waals surface area contributed by atoms with E-state index in [-0.39, 0.29) is 48.0 Å². The van der Waals surface area contributed by atoms with E-state index >= 15 is 0 Å². The second kappa shape index (κ2) is 15.3. The minimum absolute atomic E-state index is 0.00318. The molecule has 3 aromatic carbocycles. The number of aromatic hydroxyl groups is 1. The zero-order valence-corrected chi connectivity index (χ0v) is 32.1. The van der Waals surface area contributed by atoms with Crippen LogP contribution < -0.4 is 10.6 Å². The molecule has 7 atom stereocenters. The number of piperidine rings is 1. The maximum Gasteiger partial charge on any atom is 0.340 e. The summed E-state index contributed by atoms with van der Waals surface area (Å²) < 4.78 is 12.7. The lowest BCUT2D eigenvalue weighted by Crippen LogP contribution is -2.52. The zero-order valence-electron chi connectivity index (χ0n) is 32.1. The van der Waals surface area contributed by atoms with Gasteiger partial charge in [0.1, 0.15) is 17.3 Å². The number of phenolic OH excluding ortho intramolecular Hbond substituents is 1. The number of benzene rings is 3. The zero-order chi connectivity index (χ0) is 38.4. The molecule has 56 heavy (non-hydrogen) atoms. The number of cyclic esters (lactones) is 2. The Morgan fingerprint density at radius 2 is 1.75 bits per heavy atom. The molecule has 10 rings (SSSR count). The van der Waals surface area contributed by atoms with Crippen molar-refractivity contribution in [3.05, 3.63) is 130 Å². The van der Waals surface area contributed by atoms with Gasteiger partial charge >= 0.3 is 11.9 Å². The number of nitrogens with one attached hydrogen (secondary N) is 2. The van der Waals surface area contributed by atoms with Crippen LogP contribution in [-0.2, 0) is 25.5 Å². The lowest BCUT2D eigenvalue weighted by Gasteiger charge is -2.56. The number of allylic oxidation sites excluding steroid dienone is 5. The third kappa shape index (κ3) is 6.36. The van der Waals surface area contributed by atoms with Gasteiger partial charge in [0.25, 0.3) is 0 Å². The first kappa shape index (κ1) is 36.9. The number of hydrogen-bond donors (Lipinski definition) is 4. The van der Waals surface area contributed by atoms with E-state index < -0.39 is 5.41 Å². The number of hydrogen-bond acceptors (Lipinski definition) is 8. The molecule has 8 heteroatoms. The lowest BCUT2D eigenvalue weighted by molar-refractivity contribution is -0.135. The van der Waals surface area contributed by atoms with E-state index in [0.717, 1.165) is 90.5 Å². The molecule has 4 N–H and O–H groups in total. The van der Waals surface area contributed by atoms with E-state index in [9.17, 15) is 19.8 Å². The molecule has 3 aromatic rings. The summed E-state index contributed by atoms with van der Waals surface area (Å²) in [6, 6.07) is 25.8. The number of carbonyl (C=O) groups excluding carboxylic acids is 2. The van der Waals surface area contributed by atoms with E-state index in [2.05, 4.69) is 47.1 Å². The topological polar surface area (TPSA) is 117 Å². The number of carbonyl (C=O) groups is 2. The van der Waals surface area contributed by atoms with E-state index in [4.69, 9.17) is 9.47 Å². The fourth-order valence-electron chi connectivity index (χ4n) is 11.3. The highest BCUT2D eigenvalue weighted by Gasteiger charge is 2.68. The number of aliphatic hydroxyl groups is 1. The molecule has 3 heterocycles. The first-order chi connectivity index (χ1) is 27.4. The Labute approximate surface area is 329 Å². The smallest absolute Gasteiger partial charge is 0.340 e. The van der Waals surface area contributed by atoms with Gasteiger partial charge in [-0.25, -0.2) is 9.59 Å². The maximum atomic E-state index is 14.7. The largest absolute Gasteiger partial charge is 0.508 e. The van der Waals surface area contributed by atoms with Crippen LogP contribution in [0.1, 0.15) is 68.9 Å². The standard InChI is InChI=1S/C48H52N2O6/c1-49-41-27-30(20-23-50-41)11-8-14-39-37-18-17-36-35-19-22-48(44(36)43(37)46(53)55-39)40(26-31(21-24-51)25-29-9-4-2-5-10-29)56-47(54)45(48)42(35)38-28-33(52)15-16-34(38)32-12-6-3-7-13-32/h2-7,9-10,12-16,26,28,30-31,35-36,41,44,49-52H,8,11,17-25,27H2,1H3/t30-,31-,35+,36+,41-,44+,48+/m1/s1. The summed E-state index contributed by atoms with van der Waals surface area (Å²) in [5, 5.41) is 28.1. The summed E-state index contributed by atoms with van der Waals surface area (Å²) in [4.78, 5) is 29.0. The molecule has 3 aliphatic heterocycles. The van der Waals surface area contributed by atoms with Crippen LogP contribution in [0.25, 0.3) is 16.7 Å². The molecule has 1 spiro atoms. The number of rotatable bonds is 11. The predicted octanol–water partition coefficient (Wildman–Crippen LogP) is 7.99. The average Bonchev–Trinajstić information content (AvgIpc) is 3.70. The minimum Gasteiger partial charge on any atom is -0.508 e. The van der Waals surface area contributed by atoms with E-state index in [0.29, 0.717) is 48.4 Å². The Bertz CT molecular complexity index is 2140. The maximum absolute atomic E-state index is 14.7. The molecule has 0 unspecified atom stereocenters. The Hall–Kier alpha value is -4.76. The highest BCUT2D eigenvalue weighted by atomic mass is 16.5. The molecular formula is C48H52N2O6. The quantitative estimate of drug-likeness (QED) is 0.146. The monoisotopic (exact) mass is 752 g/mol. The molecule has 0 amide bonds. The van der Waals surface area contributed by atoms with Gasteiger partial charge in [0.15, 0.2) is 0 Å². The van der Waals surface area contributed by atoms with Crippen LogP contribution in [0.15, 0.2) is 119 Å². The predicted molar refractivity (Wildman–Crippen MR) is 215 cm³/mol. The van der Waals surface area contributed by atoms with Gasteiger partial charge < -0.3 is 30.3 Å². The molecule has 8 nitrogen and oxygen atoms in total. The Morgan fingerprint density at radius 1 is 0.946 bits per heavy atom. The first-order valence-electron chi connectivity index (χ1n) is 20.7. The van der Waals surface area contributed by atoms with Gasteiger partial charge in [0.05, 0.1) is 17.2 Å². The summed E-state index contributed by atoms with van der Waals surface area (Å²) in [5.74, 6) is 1.03. The van der Waals surface area contributed by atoms with Gasteiger partial charge in [0.2, 0.25) is 0 Å². The van der Waals surface area contributed by atoms with E-state index in [1.54, 1.807) is 6.07 Å². The van der Waals surface area contributed by atoms with Crippen molar-refractivity contribution in [2.45, 2.75) is 70.4 Å². The second-order valence-electron chi connectivity index (χ2n) is 16.7. The van der Waals surface area contributed by atoms with Crippen molar-refractivity contribution in [2.24, 2.45) is 35.0 Å². The summed E-state index contributed by atoms with van der Waals surface area (Å²) in [6.07, 6.45) is 12.9. The van der Waals surface area contributed by atoms with Crippen LogP contribution in [0.5, 0.6) is 5.75 Å². The summed E-state index contributed by atoms with van der Waals surface area (Å²) in [6.45, 7) is 0.995. The highest BCUT2D eigenvalue weighted by Crippen LogP contribution is 2.72. The first-order valence-corrected chi connectivity index (χ1v) is 20.7. The number of fused-ring (bicyclic) bond motifs is 1. The van der Waals surface area contributed by atoms with Crippen LogP contribution >= 0.6 is 0 Å². The van der Waals surface area contributed by atoms with Crippen molar-refractivity contribution in [3.8, 4) is 16.9 Å². The molecule has 1 saturated carbocycles. The number of phenols is 1. The SMILES string of the molecule is CN[C@H]1C[C@H](CCC=C2OC(=O)C3=C2CC[C@H]2[C@@H]4CC[C@]5(C(=C[C@H](CCO)Cc6ccccc6)OC(=O)C5=C4c4cc(O)ccc4-c4ccccc4)[C@H]32)CCN1. The van der Waals surface area contributed by atoms with Gasteiger partial charge in [-0.3, -0.25) is 0 Å². The van der Waals surface area contributed by atoms with Crippen molar-refractivity contribution in [1.29, 1.82) is 0 Å². The molecule has 0 aromatic heterocycles. The Balaban J connectivity index is 1.18. The van der Waals surface area contributed by atoms with Crippen molar-refractivity contribution >= 4 is 17.5 Å². The van der Waals surface area contributed by atoms with Gasteiger partial charge in [-0.1, -0.05) is 66.7 Å². The van der Waals surface area contributed by atoms with Crippen LogP contribution in [0.3, 0.4) is 0 Å². The number of ether oxygens (including phenoxy) is 2. The van der Waals surface area contributed by atoms with Crippen molar-refractivity contribution in [3.63, 3.8) is 0 Å². The van der Waals surface area contributed by atoms with E-state index in [1.165, 1.54) is 0 Å².